The van der Waals surface area contributed by atoms with Gasteiger partial charge in [-0.15, -0.1) is 11.3 Å². The van der Waals surface area contributed by atoms with Crippen molar-refractivity contribution in [1.29, 1.82) is 0 Å². The molecule has 9 heteroatoms. The van der Waals surface area contributed by atoms with Crippen LogP contribution in [-0.4, -0.2) is 23.4 Å². The monoisotopic (exact) mass is 436 g/mol. The van der Waals surface area contributed by atoms with Crippen LogP contribution >= 0.6 is 11.3 Å². The molecular weight excluding hydrogens is 419 g/mol. The summed E-state index contributed by atoms with van der Waals surface area (Å²) in [5.74, 6) is -1.62. The highest BCUT2D eigenvalue weighted by Gasteiger charge is 2.25. The van der Waals surface area contributed by atoms with Crippen LogP contribution in [0.15, 0.2) is 71.8 Å². The van der Waals surface area contributed by atoms with Crippen molar-refractivity contribution in [3.8, 4) is 10.4 Å². The molecule has 7 nitrogen and oxygen atoms in total. The van der Waals surface area contributed by atoms with Crippen LogP contribution in [0.2, 0.25) is 0 Å². The van der Waals surface area contributed by atoms with E-state index in [9.17, 15) is 18.8 Å². The summed E-state index contributed by atoms with van der Waals surface area (Å²) in [6, 6.07) is 18.1. The maximum atomic E-state index is 13.1. The van der Waals surface area contributed by atoms with E-state index in [1.54, 1.807) is 48.5 Å². The number of halogens is 1. The first kappa shape index (κ1) is 20.4. The van der Waals surface area contributed by atoms with E-state index in [0.717, 1.165) is 10.4 Å². The van der Waals surface area contributed by atoms with Crippen molar-refractivity contribution in [1.82, 2.24) is 10.9 Å². The Bertz CT molecular complexity index is 1160. The van der Waals surface area contributed by atoms with Crippen molar-refractivity contribution in [3.05, 3.63) is 77.4 Å². The summed E-state index contributed by atoms with van der Waals surface area (Å²) in [6.45, 7) is 0. The van der Waals surface area contributed by atoms with Gasteiger partial charge >= 0.3 is 0 Å². The Kier molecular flexibility index (Phi) is 5.85. The Morgan fingerprint density at radius 2 is 1.61 bits per heavy atom. The maximum absolute atomic E-state index is 13.1. The maximum Gasteiger partial charge on any atom is 0.285 e. The number of rotatable bonds is 4. The van der Waals surface area contributed by atoms with Crippen molar-refractivity contribution in [3.63, 3.8) is 0 Å². The van der Waals surface area contributed by atoms with Crippen LogP contribution in [0.25, 0.3) is 10.4 Å². The molecule has 4 rings (SSSR count). The third-order valence-electron chi connectivity index (χ3n) is 4.54. The molecule has 2 aromatic carbocycles. The van der Waals surface area contributed by atoms with Gasteiger partial charge in [-0.1, -0.05) is 30.3 Å². The standard InChI is InChI=1S/C22H17FN4O3S/c23-15-8-6-14(7-9-15)18-11-12-19(31-18)22(30)25-24-21(29)17-10-13-20(28)27(26-17)16-4-2-1-3-5-16/h1-9,11-12H,10,13H2,(H,24,29)(H,25,30). The average molecular weight is 436 g/mol. The summed E-state index contributed by atoms with van der Waals surface area (Å²) in [7, 11) is 0. The number of carbonyl (C=O) groups excluding carboxylic acids is 3. The lowest BCUT2D eigenvalue weighted by molar-refractivity contribution is -0.119. The molecule has 0 spiro atoms. The van der Waals surface area contributed by atoms with E-state index < -0.39 is 11.8 Å². The fourth-order valence-electron chi connectivity index (χ4n) is 2.96. The number of hydrazone groups is 1. The van der Waals surface area contributed by atoms with Crippen molar-refractivity contribution >= 4 is 40.5 Å². The van der Waals surface area contributed by atoms with Crippen LogP contribution in [0.3, 0.4) is 0 Å². The second-order valence-corrected chi connectivity index (χ2v) is 7.75. The van der Waals surface area contributed by atoms with Crippen LogP contribution in [0.4, 0.5) is 10.1 Å². The Morgan fingerprint density at radius 3 is 2.35 bits per heavy atom. The topological polar surface area (TPSA) is 90.9 Å². The minimum atomic E-state index is -0.586. The van der Waals surface area contributed by atoms with Crippen molar-refractivity contribution in [2.45, 2.75) is 12.8 Å². The Labute approximate surface area is 181 Å². The third-order valence-corrected chi connectivity index (χ3v) is 5.68. The average Bonchev–Trinajstić information content (AvgIpc) is 3.29. The normalized spacial score (nSPS) is 13.5. The molecule has 1 aliphatic heterocycles. The van der Waals surface area contributed by atoms with Gasteiger partial charge in [0.1, 0.15) is 11.5 Å². The number of thiophene rings is 1. The third kappa shape index (κ3) is 4.67. The lowest BCUT2D eigenvalue weighted by Crippen LogP contribution is -2.46. The summed E-state index contributed by atoms with van der Waals surface area (Å²) in [4.78, 5) is 38.2. The summed E-state index contributed by atoms with van der Waals surface area (Å²) in [5, 5.41) is 5.33. The highest BCUT2D eigenvalue weighted by Crippen LogP contribution is 2.28. The highest BCUT2D eigenvalue weighted by atomic mass is 32.1. The molecule has 3 amide bonds. The summed E-state index contributed by atoms with van der Waals surface area (Å²) in [6.07, 6.45) is 0.318. The number of amides is 3. The fourth-order valence-corrected chi connectivity index (χ4v) is 3.87. The lowest BCUT2D eigenvalue weighted by atomic mass is 10.1. The van der Waals surface area contributed by atoms with E-state index in [1.807, 2.05) is 6.07 Å². The summed E-state index contributed by atoms with van der Waals surface area (Å²) in [5.41, 5.74) is 6.20. The van der Waals surface area contributed by atoms with Gasteiger partial charge in [0, 0.05) is 17.7 Å². The molecule has 0 saturated carbocycles. The molecule has 0 unspecified atom stereocenters. The van der Waals surface area contributed by atoms with Crippen molar-refractivity contribution in [2.75, 3.05) is 5.01 Å². The van der Waals surface area contributed by atoms with Gasteiger partial charge in [-0.25, -0.2) is 9.40 Å². The van der Waals surface area contributed by atoms with Crippen LogP contribution in [0.5, 0.6) is 0 Å². The number of nitrogens with zero attached hydrogens (tertiary/aromatic N) is 2. The van der Waals surface area contributed by atoms with E-state index in [2.05, 4.69) is 16.0 Å². The molecule has 0 atom stereocenters. The van der Waals surface area contributed by atoms with Gasteiger partial charge in [0.25, 0.3) is 11.8 Å². The van der Waals surface area contributed by atoms with E-state index in [4.69, 9.17) is 0 Å². The zero-order valence-corrected chi connectivity index (χ0v) is 17.0. The first-order valence-electron chi connectivity index (χ1n) is 9.43. The van der Waals surface area contributed by atoms with Gasteiger partial charge in [-0.3, -0.25) is 25.2 Å². The number of hydrogen-bond acceptors (Lipinski definition) is 5. The number of nitrogens with one attached hydrogen (secondary N) is 2. The summed E-state index contributed by atoms with van der Waals surface area (Å²) >= 11 is 1.22. The molecule has 1 aliphatic rings. The number of benzene rings is 2. The van der Waals surface area contributed by atoms with Crippen LogP contribution < -0.4 is 15.9 Å². The molecule has 156 valence electrons. The zero-order chi connectivity index (χ0) is 21.8. The van der Waals surface area contributed by atoms with Crippen LogP contribution in [-0.2, 0) is 9.59 Å². The van der Waals surface area contributed by atoms with E-state index in [0.29, 0.717) is 10.6 Å². The molecule has 2 heterocycles. The van der Waals surface area contributed by atoms with E-state index >= 15 is 0 Å². The molecule has 1 aromatic heterocycles. The SMILES string of the molecule is O=C(NNC(=O)c1ccc(-c2ccc(F)cc2)s1)C1=NN(c2ccccc2)C(=O)CC1. The second kappa shape index (κ2) is 8.88. The van der Waals surface area contributed by atoms with Gasteiger partial charge in [-0.2, -0.15) is 5.10 Å². The summed E-state index contributed by atoms with van der Waals surface area (Å²) < 4.78 is 13.1. The minimum Gasteiger partial charge on any atom is -0.273 e. The zero-order valence-electron chi connectivity index (χ0n) is 16.2. The van der Waals surface area contributed by atoms with Gasteiger partial charge < -0.3 is 0 Å². The number of anilines is 1. The highest BCUT2D eigenvalue weighted by molar-refractivity contribution is 7.17. The van der Waals surface area contributed by atoms with Crippen molar-refractivity contribution in [2.24, 2.45) is 5.10 Å². The van der Waals surface area contributed by atoms with Gasteiger partial charge in [0.05, 0.1) is 10.6 Å². The molecule has 3 aromatic rings. The van der Waals surface area contributed by atoms with Gasteiger partial charge in [0.2, 0.25) is 5.91 Å². The lowest BCUT2D eigenvalue weighted by Gasteiger charge is -2.23. The number of carbonyl (C=O) groups is 3. The molecular formula is C22H17FN4O3S. The number of hydrazine groups is 1. The second-order valence-electron chi connectivity index (χ2n) is 6.67. The number of hydrogen-bond donors (Lipinski definition) is 2. The first-order valence-corrected chi connectivity index (χ1v) is 10.2. The Balaban J connectivity index is 1.40. The molecule has 0 aliphatic carbocycles. The molecule has 0 fully saturated rings. The van der Waals surface area contributed by atoms with Crippen LogP contribution in [0.1, 0.15) is 22.5 Å². The van der Waals surface area contributed by atoms with Gasteiger partial charge in [0.15, 0.2) is 0 Å². The first-order chi connectivity index (χ1) is 15.0. The molecule has 0 saturated heterocycles. The smallest absolute Gasteiger partial charge is 0.273 e. The Hall–Kier alpha value is -3.85. The largest absolute Gasteiger partial charge is 0.285 e. The Morgan fingerprint density at radius 1 is 0.903 bits per heavy atom. The van der Waals surface area contributed by atoms with Gasteiger partial charge in [-0.05, 0) is 42.0 Å². The predicted octanol–water partition coefficient (Wildman–Crippen LogP) is 3.50. The predicted molar refractivity (Wildman–Crippen MR) is 116 cm³/mol. The van der Waals surface area contributed by atoms with Crippen LogP contribution in [0, 0.1) is 5.82 Å². The molecule has 31 heavy (non-hydrogen) atoms. The molecule has 0 radical (unpaired) electrons. The quantitative estimate of drug-likeness (QED) is 0.614. The fraction of sp³-hybridized carbons (Fsp3) is 0.0909. The van der Waals surface area contributed by atoms with E-state index in [-0.39, 0.29) is 30.3 Å². The molecule has 2 N–H and O–H groups in total. The van der Waals surface area contributed by atoms with E-state index in [1.165, 1.54) is 28.5 Å². The minimum absolute atomic E-state index is 0.140. The number of para-hydroxylation sites is 1. The van der Waals surface area contributed by atoms with Crippen molar-refractivity contribution < 1.29 is 18.8 Å². The molecule has 0 bridgehead atoms.